The van der Waals surface area contributed by atoms with E-state index in [2.05, 4.69) is 29.4 Å². The van der Waals surface area contributed by atoms with Crippen LogP contribution in [0.5, 0.6) is 0 Å². The lowest BCUT2D eigenvalue weighted by Gasteiger charge is -2.30. The number of guanidine groups is 1. The maximum atomic E-state index is 4.75. The first kappa shape index (κ1) is 15.6. The fourth-order valence-electron chi connectivity index (χ4n) is 3.38. The molecule has 1 heterocycles. The van der Waals surface area contributed by atoms with Gasteiger partial charge in [-0.1, -0.05) is 19.8 Å². The van der Waals surface area contributed by atoms with E-state index >= 15 is 0 Å². The van der Waals surface area contributed by atoms with Crippen LogP contribution in [0.2, 0.25) is 0 Å². The zero-order chi connectivity index (χ0) is 14.2. The number of piperidine rings is 1. The predicted octanol–water partition coefficient (Wildman–Crippen LogP) is 2.22. The number of likely N-dealkylation sites (tertiary alicyclic amines) is 1. The average Bonchev–Trinajstić information content (AvgIpc) is 2.92. The van der Waals surface area contributed by atoms with E-state index in [1.807, 2.05) is 0 Å². The maximum absolute atomic E-state index is 4.75. The zero-order valence-electron chi connectivity index (χ0n) is 13.3. The summed E-state index contributed by atoms with van der Waals surface area (Å²) in [6, 6.07) is 0.641. The van der Waals surface area contributed by atoms with Crippen molar-refractivity contribution in [2.45, 2.75) is 58.4 Å². The highest BCUT2D eigenvalue weighted by atomic mass is 15.2. The van der Waals surface area contributed by atoms with Gasteiger partial charge in [0, 0.05) is 25.7 Å². The van der Waals surface area contributed by atoms with Crippen LogP contribution in [-0.2, 0) is 0 Å². The number of hydrogen-bond donors (Lipinski definition) is 2. The summed E-state index contributed by atoms with van der Waals surface area (Å²) >= 11 is 0. The Morgan fingerprint density at radius 1 is 1.20 bits per heavy atom. The summed E-state index contributed by atoms with van der Waals surface area (Å²) in [5.41, 5.74) is 0. The molecule has 2 fully saturated rings. The van der Waals surface area contributed by atoms with Crippen molar-refractivity contribution in [3.05, 3.63) is 0 Å². The number of nitrogens with one attached hydrogen (secondary N) is 2. The molecule has 1 saturated carbocycles. The van der Waals surface area contributed by atoms with Crippen molar-refractivity contribution < 1.29 is 0 Å². The minimum atomic E-state index is 0.641. The minimum Gasteiger partial charge on any atom is -0.357 e. The first-order valence-electron chi connectivity index (χ1n) is 8.55. The molecular formula is C16H32N4. The second-order valence-electron chi connectivity index (χ2n) is 6.43. The lowest BCUT2D eigenvalue weighted by atomic mass is 10.0. The lowest BCUT2D eigenvalue weighted by Crippen LogP contribution is -2.43. The van der Waals surface area contributed by atoms with Crippen molar-refractivity contribution in [2.75, 3.05) is 32.7 Å². The van der Waals surface area contributed by atoms with E-state index in [0.717, 1.165) is 31.5 Å². The maximum Gasteiger partial charge on any atom is 0.191 e. The van der Waals surface area contributed by atoms with Crippen LogP contribution in [0.15, 0.2) is 4.99 Å². The van der Waals surface area contributed by atoms with E-state index in [1.165, 1.54) is 51.6 Å². The van der Waals surface area contributed by atoms with E-state index in [1.54, 1.807) is 0 Å². The van der Waals surface area contributed by atoms with Gasteiger partial charge in [0.05, 0.1) is 6.54 Å². The normalized spacial score (nSPS) is 25.9. The molecule has 1 aliphatic carbocycles. The Morgan fingerprint density at radius 3 is 2.70 bits per heavy atom. The molecule has 1 unspecified atom stereocenters. The molecule has 0 radical (unpaired) electrons. The molecule has 0 amide bonds. The highest BCUT2D eigenvalue weighted by Gasteiger charge is 2.17. The van der Waals surface area contributed by atoms with Gasteiger partial charge in [-0.25, -0.2) is 0 Å². The fourth-order valence-corrected chi connectivity index (χ4v) is 3.38. The molecule has 0 aromatic rings. The van der Waals surface area contributed by atoms with E-state index in [0.29, 0.717) is 6.04 Å². The zero-order valence-corrected chi connectivity index (χ0v) is 13.3. The molecule has 4 nitrogen and oxygen atoms in total. The number of nitrogens with zero attached hydrogens (tertiary/aromatic N) is 2. The lowest BCUT2D eigenvalue weighted by molar-refractivity contribution is 0.189. The summed E-state index contributed by atoms with van der Waals surface area (Å²) in [6.45, 7) is 9.97. The second kappa shape index (κ2) is 8.50. The Morgan fingerprint density at radius 2 is 2.00 bits per heavy atom. The predicted molar refractivity (Wildman–Crippen MR) is 86.2 cm³/mol. The van der Waals surface area contributed by atoms with Crippen molar-refractivity contribution in [3.63, 3.8) is 0 Å². The fraction of sp³-hybridized carbons (Fsp3) is 0.938. The standard InChI is InChI=1S/C16H32N4/c1-3-17-16(19-15-8-4-5-9-15)18-10-12-20-11-6-7-14(2)13-20/h14-15H,3-13H2,1-2H3,(H2,17,18,19). The summed E-state index contributed by atoms with van der Waals surface area (Å²) in [5.74, 6) is 1.88. The second-order valence-corrected chi connectivity index (χ2v) is 6.43. The molecular weight excluding hydrogens is 248 g/mol. The molecule has 2 aliphatic rings. The highest BCUT2D eigenvalue weighted by Crippen LogP contribution is 2.17. The quantitative estimate of drug-likeness (QED) is 0.599. The van der Waals surface area contributed by atoms with Crippen LogP contribution >= 0.6 is 0 Å². The van der Waals surface area contributed by atoms with Gasteiger partial charge >= 0.3 is 0 Å². The molecule has 116 valence electrons. The Labute approximate surface area is 124 Å². The first-order chi connectivity index (χ1) is 9.78. The molecule has 0 bridgehead atoms. The van der Waals surface area contributed by atoms with Crippen molar-refractivity contribution in [1.82, 2.24) is 15.5 Å². The Balaban J connectivity index is 1.73. The molecule has 1 aliphatic heterocycles. The van der Waals surface area contributed by atoms with E-state index in [4.69, 9.17) is 4.99 Å². The molecule has 1 atom stereocenters. The van der Waals surface area contributed by atoms with E-state index in [-0.39, 0.29) is 0 Å². The molecule has 0 aromatic carbocycles. The van der Waals surface area contributed by atoms with Crippen molar-refractivity contribution in [1.29, 1.82) is 0 Å². The van der Waals surface area contributed by atoms with Crippen LogP contribution in [0.3, 0.4) is 0 Å². The summed E-state index contributed by atoms with van der Waals surface area (Å²) < 4.78 is 0. The van der Waals surface area contributed by atoms with Gasteiger partial charge in [-0.2, -0.15) is 0 Å². The summed E-state index contributed by atoms with van der Waals surface area (Å²) in [5, 5.41) is 6.96. The third-order valence-corrected chi connectivity index (χ3v) is 4.47. The van der Waals surface area contributed by atoms with E-state index < -0.39 is 0 Å². The van der Waals surface area contributed by atoms with Crippen molar-refractivity contribution >= 4 is 5.96 Å². The largest absolute Gasteiger partial charge is 0.357 e. The van der Waals surface area contributed by atoms with E-state index in [9.17, 15) is 0 Å². The van der Waals surface area contributed by atoms with Gasteiger partial charge in [-0.05, 0) is 45.1 Å². The van der Waals surface area contributed by atoms with Gasteiger partial charge in [-0.3, -0.25) is 4.99 Å². The SMILES string of the molecule is CCNC(=NCCN1CCCC(C)C1)NC1CCCC1. The summed E-state index contributed by atoms with van der Waals surface area (Å²) in [7, 11) is 0. The molecule has 0 aromatic heterocycles. The van der Waals surface area contributed by atoms with Gasteiger partial charge < -0.3 is 15.5 Å². The Hall–Kier alpha value is -0.770. The molecule has 2 N–H and O–H groups in total. The van der Waals surface area contributed by atoms with Gasteiger partial charge in [0.1, 0.15) is 0 Å². The van der Waals surface area contributed by atoms with Crippen LogP contribution in [0.25, 0.3) is 0 Å². The average molecular weight is 280 g/mol. The summed E-state index contributed by atoms with van der Waals surface area (Å²) in [4.78, 5) is 7.32. The topological polar surface area (TPSA) is 39.7 Å². The first-order valence-corrected chi connectivity index (χ1v) is 8.55. The van der Waals surface area contributed by atoms with Crippen LogP contribution in [0.4, 0.5) is 0 Å². The highest BCUT2D eigenvalue weighted by molar-refractivity contribution is 5.80. The van der Waals surface area contributed by atoms with Crippen LogP contribution in [0.1, 0.15) is 52.4 Å². The van der Waals surface area contributed by atoms with Crippen molar-refractivity contribution in [2.24, 2.45) is 10.9 Å². The van der Waals surface area contributed by atoms with Gasteiger partial charge in [0.15, 0.2) is 5.96 Å². The van der Waals surface area contributed by atoms with Gasteiger partial charge in [0.25, 0.3) is 0 Å². The number of rotatable bonds is 5. The minimum absolute atomic E-state index is 0.641. The van der Waals surface area contributed by atoms with Crippen LogP contribution < -0.4 is 10.6 Å². The Kier molecular flexibility index (Phi) is 6.64. The third kappa shape index (κ3) is 5.31. The van der Waals surface area contributed by atoms with Crippen molar-refractivity contribution in [3.8, 4) is 0 Å². The number of aliphatic imine (C=N–C) groups is 1. The van der Waals surface area contributed by atoms with Gasteiger partial charge in [0.2, 0.25) is 0 Å². The van der Waals surface area contributed by atoms with Crippen LogP contribution in [0, 0.1) is 5.92 Å². The molecule has 2 rings (SSSR count). The molecule has 20 heavy (non-hydrogen) atoms. The monoisotopic (exact) mass is 280 g/mol. The molecule has 1 saturated heterocycles. The third-order valence-electron chi connectivity index (χ3n) is 4.47. The molecule has 0 spiro atoms. The smallest absolute Gasteiger partial charge is 0.191 e. The summed E-state index contributed by atoms with van der Waals surface area (Å²) in [6.07, 6.45) is 8.07. The van der Waals surface area contributed by atoms with Gasteiger partial charge in [-0.15, -0.1) is 0 Å². The molecule has 4 heteroatoms. The number of hydrogen-bond acceptors (Lipinski definition) is 2. The Bertz CT molecular complexity index is 297. The van der Waals surface area contributed by atoms with Crippen LogP contribution in [-0.4, -0.2) is 49.6 Å².